The molecular weight excluding hydrogens is 396 g/mol. The van der Waals surface area contributed by atoms with E-state index in [4.69, 9.17) is 5.73 Å². The molecule has 3 heterocycles. The second-order valence-corrected chi connectivity index (χ2v) is 8.45. The monoisotopic (exact) mass is 422 g/mol. The molecule has 158 valence electrons. The van der Waals surface area contributed by atoms with Gasteiger partial charge in [0, 0.05) is 44.0 Å². The first-order chi connectivity index (χ1) is 13.8. The minimum Gasteiger partial charge on any atom is -0.361 e. The molecule has 0 aliphatic carbocycles. The van der Waals surface area contributed by atoms with Gasteiger partial charge in [0.25, 0.3) is 5.91 Å². The first kappa shape index (κ1) is 21.2. The summed E-state index contributed by atoms with van der Waals surface area (Å²) in [7, 11) is 2.01. The van der Waals surface area contributed by atoms with Crippen LogP contribution in [-0.2, 0) is 27.3 Å². The fourth-order valence-electron chi connectivity index (χ4n) is 3.46. The van der Waals surface area contributed by atoms with Crippen molar-refractivity contribution in [3.63, 3.8) is 0 Å². The zero-order chi connectivity index (χ0) is 21.0. The average molecular weight is 423 g/mol. The number of hydrogen-bond donors (Lipinski definition) is 3. The van der Waals surface area contributed by atoms with Gasteiger partial charge in [-0.25, -0.2) is 4.98 Å². The summed E-state index contributed by atoms with van der Waals surface area (Å²) < 4.78 is 0. The fourth-order valence-corrected chi connectivity index (χ4v) is 4.55. The van der Waals surface area contributed by atoms with Crippen LogP contribution in [-0.4, -0.2) is 77.7 Å². The Hall–Kier alpha value is -2.53. The van der Waals surface area contributed by atoms with Gasteiger partial charge in [-0.3, -0.25) is 19.2 Å². The van der Waals surface area contributed by atoms with Crippen molar-refractivity contribution in [2.45, 2.75) is 38.3 Å². The maximum atomic E-state index is 12.9. The number of amides is 4. The summed E-state index contributed by atoms with van der Waals surface area (Å²) in [6.07, 6.45) is 3.62. The number of likely N-dealkylation sites (tertiary alicyclic amines) is 1. The SMILES string of the molecule is CN1CCc2nc(C(=O)NC(CNC(=O)C(N)=O)C(=O)N3CCCCC3)sc2C1. The van der Waals surface area contributed by atoms with Crippen LogP contribution in [0.1, 0.15) is 39.6 Å². The summed E-state index contributed by atoms with van der Waals surface area (Å²) in [4.78, 5) is 57.5. The maximum absolute atomic E-state index is 12.9. The number of carbonyl (C=O) groups excluding carboxylic acids is 4. The number of fused-ring (bicyclic) bond motifs is 1. The largest absolute Gasteiger partial charge is 0.361 e. The normalized spacial score (nSPS) is 17.9. The van der Waals surface area contributed by atoms with Crippen LogP contribution in [0.2, 0.25) is 0 Å². The van der Waals surface area contributed by atoms with Gasteiger partial charge in [-0.1, -0.05) is 0 Å². The molecule has 4 N–H and O–H groups in total. The molecule has 11 heteroatoms. The Morgan fingerprint density at radius 1 is 1.17 bits per heavy atom. The highest BCUT2D eigenvalue weighted by Crippen LogP contribution is 2.24. The average Bonchev–Trinajstić information content (AvgIpc) is 3.14. The van der Waals surface area contributed by atoms with Crippen LogP contribution in [0, 0.1) is 0 Å². The molecule has 1 aromatic rings. The van der Waals surface area contributed by atoms with Crippen LogP contribution in [0.25, 0.3) is 0 Å². The first-order valence-electron chi connectivity index (χ1n) is 9.69. The van der Waals surface area contributed by atoms with E-state index in [2.05, 4.69) is 20.5 Å². The number of thiazole rings is 1. The molecule has 2 aliphatic rings. The molecule has 10 nitrogen and oxygen atoms in total. The van der Waals surface area contributed by atoms with Crippen molar-refractivity contribution < 1.29 is 19.2 Å². The van der Waals surface area contributed by atoms with Crippen molar-refractivity contribution >= 4 is 35.0 Å². The predicted octanol–water partition coefficient (Wildman–Crippen LogP) is -1.16. The molecule has 1 unspecified atom stereocenters. The summed E-state index contributed by atoms with van der Waals surface area (Å²) in [5, 5.41) is 5.29. The summed E-state index contributed by atoms with van der Waals surface area (Å²) in [5.41, 5.74) is 5.87. The smallest absolute Gasteiger partial charge is 0.309 e. The summed E-state index contributed by atoms with van der Waals surface area (Å²) in [5.74, 6) is -2.89. The number of piperidine rings is 1. The Balaban J connectivity index is 1.71. The van der Waals surface area contributed by atoms with Gasteiger partial charge in [0.1, 0.15) is 6.04 Å². The van der Waals surface area contributed by atoms with Crippen molar-refractivity contribution in [2.24, 2.45) is 5.73 Å². The molecule has 0 radical (unpaired) electrons. The Morgan fingerprint density at radius 2 is 1.90 bits per heavy atom. The van der Waals surface area contributed by atoms with Gasteiger partial charge in [0.05, 0.1) is 5.69 Å². The number of aromatic nitrogens is 1. The van der Waals surface area contributed by atoms with Crippen molar-refractivity contribution in [2.75, 3.05) is 33.2 Å². The van der Waals surface area contributed by atoms with E-state index in [1.165, 1.54) is 11.3 Å². The standard InChI is InChI=1S/C18H26N6O4S/c1-23-8-5-11-13(10-23)29-17(22-11)16(27)21-12(9-20-15(26)14(19)25)18(28)24-6-3-2-4-7-24/h12H,2-10H2,1H3,(H2,19,25)(H,20,26)(H,21,27). The molecule has 3 rings (SSSR count). The summed E-state index contributed by atoms with van der Waals surface area (Å²) in [6.45, 7) is 2.62. The minimum atomic E-state index is -1.14. The van der Waals surface area contributed by atoms with Gasteiger partial charge in [0.15, 0.2) is 5.01 Å². The van der Waals surface area contributed by atoms with Crippen molar-refractivity contribution in [1.29, 1.82) is 0 Å². The van der Waals surface area contributed by atoms with E-state index in [0.29, 0.717) is 18.1 Å². The topological polar surface area (TPSA) is 138 Å². The highest BCUT2D eigenvalue weighted by Gasteiger charge is 2.30. The molecule has 0 spiro atoms. The molecule has 0 bridgehead atoms. The van der Waals surface area contributed by atoms with E-state index >= 15 is 0 Å². The second-order valence-electron chi connectivity index (χ2n) is 7.36. The first-order valence-corrected chi connectivity index (χ1v) is 10.5. The van der Waals surface area contributed by atoms with E-state index < -0.39 is 23.8 Å². The van der Waals surface area contributed by atoms with Crippen molar-refractivity contribution in [3.8, 4) is 0 Å². The number of nitrogens with two attached hydrogens (primary N) is 1. The lowest BCUT2D eigenvalue weighted by Crippen LogP contribution is -2.55. The molecule has 1 aromatic heterocycles. The van der Waals surface area contributed by atoms with E-state index in [0.717, 1.165) is 49.3 Å². The molecule has 29 heavy (non-hydrogen) atoms. The predicted molar refractivity (Wildman–Crippen MR) is 106 cm³/mol. The lowest BCUT2D eigenvalue weighted by molar-refractivity contribution is -0.138. The molecule has 0 saturated carbocycles. The molecular formula is C18H26N6O4S. The van der Waals surface area contributed by atoms with Crippen LogP contribution in [0.5, 0.6) is 0 Å². The number of nitrogens with one attached hydrogen (secondary N) is 2. The zero-order valence-corrected chi connectivity index (χ0v) is 17.2. The van der Waals surface area contributed by atoms with E-state index in [1.54, 1.807) is 4.90 Å². The van der Waals surface area contributed by atoms with Gasteiger partial charge in [-0.2, -0.15) is 0 Å². The van der Waals surface area contributed by atoms with Gasteiger partial charge in [-0.15, -0.1) is 11.3 Å². The highest BCUT2D eigenvalue weighted by atomic mass is 32.1. The Bertz CT molecular complexity index is 804. The van der Waals surface area contributed by atoms with Crippen LogP contribution >= 0.6 is 11.3 Å². The third-order valence-electron chi connectivity index (χ3n) is 5.08. The van der Waals surface area contributed by atoms with E-state index in [-0.39, 0.29) is 12.5 Å². The van der Waals surface area contributed by atoms with Crippen LogP contribution in [0.4, 0.5) is 0 Å². The van der Waals surface area contributed by atoms with Crippen LogP contribution < -0.4 is 16.4 Å². The third-order valence-corrected chi connectivity index (χ3v) is 6.16. The molecule has 1 saturated heterocycles. The highest BCUT2D eigenvalue weighted by molar-refractivity contribution is 7.13. The summed E-state index contributed by atoms with van der Waals surface area (Å²) >= 11 is 1.31. The van der Waals surface area contributed by atoms with Gasteiger partial charge < -0.3 is 26.2 Å². The lowest BCUT2D eigenvalue weighted by atomic mass is 10.1. The molecule has 4 amide bonds. The number of rotatable bonds is 5. The Morgan fingerprint density at radius 3 is 2.59 bits per heavy atom. The second kappa shape index (κ2) is 9.31. The minimum absolute atomic E-state index is 0.212. The molecule has 0 aromatic carbocycles. The van der Waals surface area contributed by atoms with Gasteiger partial charge in [-0.05, 0) is 26.3 Å². The number of likely N-dealkylation sites (N-methyl/N-ethyl adjacent to an activating group) is 1. The zero-order valence-electron chi connectivity index (χ0n) is 16.4. The number of hydrogen-bond acceptors (Lipinski definition) is 7. The van der Waals surface area contributed by atoms with Crippen LogP contribution in [0.15, 0.2) is 0 Å². The maximum Gasteiger partial charge on any atom is 0.309 e. The van der Waals surface area contributed by atoms with Gasteiger partial charge >= 0.3 is 11.8 Å². The lowest BCUT2D eigenvalue weighted by Gasteiger charge is -2.30. The number of carbonyl (C=O) groups is 4. The van der Waals surface area contributed by atoms with Gasteiger partial charge in [0.2, 0.25) is 5.91 Å². The Labute approximate surface area is 172 Å². The number of nitrogens with zero attached hydrogens (tertiary/aromatic N) is 3. The Kier molecular flexibility index (Phi) is 6.80. The molecule has 1 atom stereocenters. The molecule has 1 fully saturated rings. The van der Waals surface area contributed by atoms with Crippen LogP contribution in [0.3, 0.4) is 0 Å². The van der Waals surface area contributed by atoms with Crippen molar-refractivity contribution in [1.82, 2.24) is 25.4 Å². The van der Waals surface area contributed by atoms with Crippen molar-refractivity contribution in [3.05, 3.63) is 15.6 Å². The molecule has 2 aliphatic heterocycles. The fraction of sp³-hybridized carbons (Fsp3) is 0.611. The quantitative estimate of drug-likeness (QED) is 0.512. The summed E-state index contributed by atoms with van der Waals surface area (Å²) in [6, 6.07) is -0.993. The third kappa shape index (κ3) is 5.30. The van der Waals surface area contributed by atoms with E-state index in [1.807, 2.05) is 7.05 Å². The van der Waals surface area contributed by atoms with E-state index in [9.17, 15) is 19.2 Å². The number of primary amides is 1.